The van der Waals surface area contributed by atoms with Gasteiger partial charge in [0.05, 0.1) is 6.54 Å². The van der Waals surface area contributed by atoms with Gasteiger partial charge in [-0.1, -0.05) is 57.8 Å². The zero-order valence-electron chi connectivity index (χ0n) is 12.1. The Balaban J connectivity index is 3.05. The highest BCUT2D eigenvalue weighted by atomic mass is 35.7. The molecule has 0 heterocycles. The summed E-state index contributed by atoms with van der Waals surface area (Å²) in [5.74, 6) is 0. The topological polar surface area (TPSA) is 29.4 Å². The van der Waals surface area contributed by atoms with Gasteiger partial charge >= 0.3 is 0 Å². The first-order valence-electron chi connectivity index (χ1n) is 7.48. The van der Waals surface area contributed by atoms with Gasteiger partial charge in [-0.25, -0.2) is 9.79 Å². The highest BCUT2D eigenvalue weighted by Crippen LogP contribution is 2.23. The normalized spacial score (nSPS) is 11.3. The van der Waals surface area contributed by atoms with Crippen molar-refractivity contribution in [1.82, 2.24) is 0 Å². The van der Waals surface area contributed by atoms with E-state index in [-0.39, 0.29) is 0 Å². The van der Waals surface area contributed by atoms with Gasteiger partial charge in [0.2, 0.25) is 12.8 Å². The van der Waals surface area contributed by atoms with Gasteiger partial charge in [-0.15, -0.1) is 22.2 Å². The monoisotopic (exact) mass is 323 g/mol. The van der Waals surface area contributed by atoms with Crippen LogP contribution in [0.5, 0.6) is 0 Å². The molecule has 0 aliphatic heterocycles. The molecule has 0 spiro atoms. The average molecular weight is 324 g/mol. The fraction of sp³-hybridized carbons (Fsp3) is 0.929. The third-order valence-corrected chi connectivity index (χ3v) is 5.57. The van der Waals surface area contributed by atoms with Crippen molar-refractivity contribution in [3.63, 3.8) is 0 Å². The van der Waals surface area contributed by atoms with Crippen molar-refractivity contribution in [1.29, 1.82) is 0 Å². The molecule has 0 aromatic carbocycles. The lowest BCUT2D eigenvalue weighted by Gasteiger charge is -2.09. The minimum Gasteiger partial charge on any atom is -0.211 e. The van der Waals surface area contributed by atoms with Crippen LogP contribution in [0.15, 0.2) is 4.99 Å². The van der Waals surface area contributed by atoms with E-state index >= 15 is 0 Å². The highest BCUT2D eigenvalue weighted by molar-refractivity contribution is 7.44. The van der Waals surface area contributed by atoms with Crippen LogP contribution in [0.3, 0.4) is 0 Å². The van der Waals surface area contributed by atoms with Crippen LogP contribution in [-0.2, 0) is 4.79 Å². The molecule has 0 aromatic rings. The molecule has 0 unspecified atom stereocenters. The van der Waals surface area contributed by atoms with Crippen molar-refractivity contribution < 1.29 is 4.79 Å². The Morgan fingerprint density at radius 3 is 1.68 bits per heavy atom. The van der Waals surface area contributed by atoms with E-state index in [1.165, 1.54) is 57.8 Å². The summed E-state index contributed by atoms with van der Waals surface area (Å²) in [6.45, 7) is 0.798. The maximum atomic E-state index is 9.84. The molecule has 0 saturated carbocycles. The first-order chi connectivity index (χ1) is 9.06. The van der Waals surface area contributed by atoms with E-state index in [1.54, 1.807) is 6.08 Å². The van der Waals surface area contributed by atoms with Crippen molar-refractivity contribution in [3.8, 4) is 0 Å². The molecule has 2 nitrogen and oxygen atoms in total. The standard InChI is InChI=1S/C14H27Cl2NOSi/c1-19(15,16)13-11-9-7-5-3-2-4-6-8-10-12-17-14-18/h2-13H2,1H3. The van der Waals surface area contributed by atoms with Crippen LogP contribution in [-0.4, -0.2) is 19.3 Å². The number of carbonyl (C=O) groups excluding carboxylic acids is 1. The van der Waals surface area contributed by atoms with E-state index in [0.717, 1.165) is 12.5 Å². The van der Waals surface area contributed by atoms with Crippen LogP contribution < -0.4 is 0 Å². The third-order valence-electron chi connectivity index (χ3n) is 3.20. The van der Waals surface area contributed by atoms with Crippen molar-refractivity contribution in [3.05, 3.63) is 0 Å². The quantitative estimate of drug-likeness (QED) is 0.139. The molecule has 0 amide bonds. The highest BCUT2D eigenvalue weighted by Gasteiger charge is 2.19. The minimum absolute atomic E-state index is 0.646. The predicted octanol–water partition coefficient (Wildman–Crippen LogP) is 5.77. The summed E-state index contributed by atoms with van der Waals surface area (Å²) in [5, 5.41) is 0. The summed E-state index contributed by atoms with van der Waals surface area (Å²) >= 11 is 12.1. The van der Waals surface area contributed by atoms with Gasteiger partial charge in [-0.05, 0) is 19.0 Å². The summed E-state index contributed by atoms with van der Waals surface area (Å²) in [5.41, 5.74) is 0. The number of unbranched alkanes of at least 4 members (excludes halogenated alkanes) is 9. The fourth-order valence-electron chi connectivity index (χ4n) is 2.09. The molecule has 0 rings (SSSR count). The molecule has 0 N–H and O–H groups in total. The summed E-state index contributed by atoms with van der Waals surface area (Å²) in [4.78, 5) is 13.4. The molecule has 19 heavy (non-hydrogen) atoms. The molecule has 0 aromatic heterocycles. The molecule has 0 atom stereocenters. The molecule has 0 saturated heterocycles. The number of hydrogen-bond donors (Lipinski definition) is 0. The van der Waals surface area contributed by atoms with Crippen molar-refractivity contribution in [2.75, 3.05) is 6.54 Å². The van der Waals surface area contributed by atoms with E-state index in [4.69, 9.17) is 22.2 Å². The fourth-order valence-corrected chi connectivity index (χ4v) is 3.76. The lowest BCUT2D eigenvalue weighted by molar-refractivity contribution is 0.552. The van der Waals surface area contributed by atoms with E-state index in [9.17, 15) is 4.79 Å². The van der Waals surface area contributed by atoms with E-state index in [1.807, 2.05) is 6.55 Å². The molecule has 0 fully saturated rings. The maximum Gasteiger partial charge on any atom is 0.248 e. The Hall–Kier alpha value is 0.177. The minimum atomic E-state index is -1.84. The second-order valence-corrected chi connectivity index (χ2v) is 13.6. The number of aliphatic imine (C=N–C) groups is 1. The summed E-state index contributed by atoms with van der Waals surface area (Å²) in [6, 6.07) is 1.03. The smallest absolute Gasteiger partial charge is 0.211 e. The largest absolute Gasteiger partial charge is 0.248 e. The van der Waals surface area contributed by atoms with Crippen LogP contribution >= 0.6 is 22.2 Å². The van der Waals surface area contributed by atoms with Crippen molar-refractivity contribution in [2.24, 2.45) is 4.99 Å². The second-order valence-electron chi connectivity index (χ2n) is 5.33. The Morgan fingerprint density at radius 2 is 1.26 bits per heavy atom. The Bertz CT molecular complexity index is 250. The van der Waals surface area contributed by atoms with E-state index in [2.05, 4.69) is 4.99 Å². The summed E-state index contributed by atoms with van der Waals surface area (Å²) in [7, 11) is 0. The Kier molecular flexibility index (Phi) is 13.3. The van der Waals surface area contributed by atoms with Gasteiger partial charge in [-0.2, -0.15) is 0 Å². The molecule has 0 bridgehead atoms. The van der Waals surface area contributed by atoms with Crippen molar-refractivity contribution >= 4 is 34.9 Å². The van der Waals surface area contributed by atoms with Crippen LogP contribution in [0.2, 0.25) is 12.6 Å². The van der Waals surface area contributed by atoms with Gasteiger partial charge in [0.15, 0.2) is 0 Å². The second kappa shape index (κ2) is 13.2. The summed E-state index contributed by atoms with van der Waals surface area (Å²) in [6.07, 6.45) is 14.1. The third kappa shape index (κ3) is 18.2. The summed E-state index contributed by atoms with van der Waals surface area (Å²) < 4.78 is 0. The first-order valence-corrected chi connectivity index (χ1v) is 12.2. The van der Waals surface area contributed by atoms with Crippen LogP contribution in [0.4, 0.5) is 0 Å². The zero-order valence-corrected chi connectivity index (χ0v) is 14.6. The van der Waals surface area contributed by atoms with Crippen LogP contribution in [0.1, 0.15) is 64.2 Å². The first kappa shape index (κ1) is 19.2. The number of rotatable bonds is 13. The number of halogens is 2. The Morgan fingerprint density at radius 1 is 0.842 bits per heavy atom. The number of isocyanates is 1. The average Bonchev–Trinajstić information content (AvgIpc) is 2.34. The van der Waals surface area contributed by atoms with Gasteiger partial charge in [0.25, 0.3) is 0 Å². The number of nitrogens with zero attached hydrogens (tertiary/aromatic N) is 1. The molecule has 112 valence electrons. The van der Waals surface area contributed by atoms with Crippen LogP contribution in [0.25, 0.3) is 0 Å². The maximum absolute atomic E-state index is 9.84. The zero-order chi connectivity index (χ0) is 14.4. The van der Waals surface area contributed by atoms with E-state index < -0.39 is 6.69 Å². The molecule has 0 radical (unpaired) electrons. The van der Waals surface area contributed by atoms with Crippen molar-refractivity contribution in [2.45, 2.75) is 76.8 Å². The predicted molar refractivity (Wildman–Crippen MR) is 87.3 cm³/mol. The van der Waals surface area contributed by atoms with Gasteiger partial charge in [0, 0.05) is 0 Å². The lowest BCUT2D eigenvalue weighted by Crippen LogP contribution is -2.11. The molecular weight excluding hydrogens is 297 g/mol. The number of hydrogen-bond acceptors (Lipinski definition) is 2. The molecular formula is C14H27Cl2NOSi. The lowest BCUT2D eigenvalue weighted by atomic mass is 10.1. The Labute approximate surface area is 128 Å². The van der Waals surface area contributed by atoms with Gasteiger partial charge in [0.1, 0.15) is 0 Å². The molecule has 5 heteroatoms. The molecule has 0 aliphatic carbocycles. The SMILES string of the molecule is C[Si](Cl)(Cl)CCCCCCCCCCCCN=C=O. The van der Waals surface area contributed by atoms with Gasteiger partial charge in [-0.3, -0.25) is 0 Å². The van der Waals surface area contributed by atoms with Crippen LogP contribution in [0, 0.1) is 0 Å². The molecule has 0 aliphatic rings. The van der Waals surface area contributed by atoms with E-state index in [0.29, 0.717) is 6.54 Å². The van der Waals surface area contributed by atoms with Gasteiger partial charge < -0.3 is 0 Å².